The summed E-state index contributed by atoms with van der Waals surface area (Å²) in [6, 6.07) is 20.8. The van der Waals surface area contributed by atoms with Crippen LogP contribution in [0.3, 0.4) is 0 Å². The first-order valence-electron chi connectivity index (χ1n) is 8.99. The Kier molecular flexibility index (Phi) is 6.19. The van der Waals surface area contributed by atoms with Crippen LogP contribution in [-0.4, -0.2) is 28.5 Å². The van der Waals surface area contributed by atoms with Crippen molar-refractivity contribution in [2.24, 2.45) is 0 Å². The number of carbonyl (C=O) groups excluding carboxylic acids is 1. The van der Waals surface area contributed by atoms with Crippen LogP contribution in [0, 0.1) is 0 Å². The summed E-state index contributed by atoms with van der Waals surface area (Å²) >= 11 is 0. The quantitative estimate of drug-likeness (QED) is 0.625. The van der Waals surface area contributed by atoms with E-state index in [1.165, 1.54) is 31.3 Å². The molecule has 29 heavy (non-hydrogen) atoms. The van der Waals surface area contributed by atoms with Crippen molar-refractivity contribution in [1.82, 2.24) is 5.32 Å². The first kappa shape index (κ1) is 20.4. The predicted molar refractivity (Wildman–Crippen MR) is 113 cm³/mol. The number of carbonyl (C=O) groups is 1. The fourth-order valence-electron chi connectivity index (χ4n) is 2.94. The number of amides is 1. The molecule has 0 fully saturated rings. The molecule has 3 aromatic rings. The minimum Gasteiger partial charge on any atom is -0.496 e. The molecule has 2 N–H and O–H groups in total. The van der Waals surface area contributed by atoms with Crippen LogP contribution in [0.4, 0.5) is 5.69 Å². The number of sulfonamides is 1. The smallest absolute Gasteiger partial charge is 0.261 e. The molecule has 150 valence electrons. The van der Waals surface area contributed by atoms with Gasteiger partial charge in [-0.2, -0.15) is 0 Å². The van der Waals surface area contributed by atoms with Crippen molar-refractivity contribution in [2.45, 2.75) is 11.3 Å². The van der Waals surface area contributed by atoms with Gasteiger partial charge in [-0.25, -0.2) is 8.42 Å². The largest absolute Gasteiger partial charge is 0.496 e. The highest BCUT2D eigenvalue weighted by Crippen LogP contribution is 2.27. The van der Waals surface area contributed by atoms with Crippen LogP contribution >= 0.6 is 0 Å². The summed E-state index contributed by atoms with van der Waals surface area (Å²) in [5.41, 5.74) is 2.79. The average molecular weight is 410 g/mol. The van der Waals surface area contributed by atoms with Crippen LogP contribution < -0.4 is 14.8 Å². The van der Waals surface area contributed by atoms with E-state index < -0.39 is 10.0 Å². The molecular formula is C22H22N2O4S. The molecule has 0 spiro atoms. The minimum atomic E-state index is -3.79. The fraction of sp³-hybridized carbons (Fsp3) is 0.136. The van der Waals surface area contributed by atoms with Gasteiger partial charge in [-0.3, -0.25) is 9.52 Å². The van der Waals surface area contributed by atoms with Gasteiger partial charge in [0.05, 0.1) is 12.0 Å². The molecule has 0 saturated carbocycles. The predicted octanol–water partition coefficient (Wildman–Crippen LogP) is 3.45. The van der Waals surface area contributed by atoms with Gasteiger partial charge in [-0.15, -0.1) is 0 Å². The van der Waals surface area contributed by atoms with Crippen LogP contribution in [0.15, 0.2) is 77.7 Å². The van der Waals surface area contributed by atoms with Gasteiger partial charge in [-0.05, 0) is 48.0 Å². The van der Waals surface area contributed by atoms with Crippen molar-refractivity contribution in [3.8, 4) is 5.75 Å². The summed E-state index contributed by atoms with van der Waals surface area (Å²) in [5, 5.41) is 2.50. The molecule has 0 aromatic heterocycles. The van der Waals surface area contributed by atoms with Crippen molar-refractivity contribution in [3.63, 3.8) is 0 Å². The monoisotopic (exact) mass is 410 g/mol. The van der Waals surface area contributed by atoms with Gasteiger partial charge in [0.1, 0.15) is 5.75 Å². The second-order valence-electron chi connectivity index (χ2n) is 6.40. The number of ether oxygens (including phenoxy) is 1. The molecule has 0 aliphatic rings. The molecule has 3 aromatic carbocycles. The molecule has 0 aliphatic carbocycles. The van der Waals surface area contributed by atoms with E-state index in [4.69, 9.17) is 4.74 Å². The normalized spacial score (nSPS) is 11.0. The summed E-state index contributed by atoms with van der Waals surface area (Å²) in [7, 11) is -0.690. The third-order valence-electron chi connectivity index (χ3n) is 4.42. The van der Waals surface area contributed by atoms with Crippen molar-refractivity contribution < 1.29 is 17.9 Å². The molecule has 0 bridgehead atoms. The van der Waals surface area contributed by atoms with Gasteiger partial charge in [-0.1, -0.05) is 30.3 Å². The van der Waals surface area contributed by atoms with Crippen LogP contribution in [0.2, 0.25) is 0 Å². The first-order valence-corrected chi connectivity index (χ1v) is 10.5. The molecule has 0 saturated heterocycles. The highest BCUT2D eigenvalue weighted by Gasteiger charge is 2.16. The highest BCUT2D eigenvalue weighted by atomic mass is 32.2. The van der Waals surface area contributed by atoms with Crippen LogP contribution in [0.25, 0.3) is 0 Å². The zero-order valence-electron chi connectivity index (χ0n) is 16.2. The third-order valence-corrected chi connectivity index (χ3v) is 5.82. The van der Waals surface area contributed by atoms with Gasteiger partial charge in [0.15, 0.2) is 0 Å². The zero-order chi connectivity index (χ0) is 20.9. The lowest BCUT2D eigenvalue weighted by Gasteiger charge is -2.13. The Balaban J connectivity index is 1.85. The summed E-state index contributed by atoms with van der Waals surface area (Å²) < 4.78 is 33.5. The number of rotatable bonds is 7. The Morgan fingerprint density at radius 1 is 0.966 bits per heavy atom. The molecule has 6 nitrogen and oxygen atoms in total. The molecular weight excluding hydrogens is 388 g/mol. The molecule has 0 unspecified atom stereocenters. The molecule has 1 amide bonds. The number of anilines is 1. The number of hydrogen-bond donors (Lipinski definition) is 2. The average Bonchev–Trinajstić information content (AvgIpc) is 2.74. The fourth-order valence-corrected chi connectivity index (χ4v) is 3.99. The van der Waals surface area contributed by atoms with Crippen molar-refractivity contribution in [2.75, 3.05) is 18.9 Å². The standard InChI is InChI=1S/C22H22N2O4S/c1-23-22(25)17-8-11-20(12-9-17)29(26,27)24-19-10-13-21(28-2)18(15-19)14-16-6-4-3-5-7-16/h3-13,15,24H,14H2,1-2H3,(H,23,25). The molecule has 7 heteroatoms. The lowest BCUT2D eigenvalue weighted by molar-refractivity contribution is 0.0963. The summed E-state index contributed by atoms with van der Waals surface area (Å²) in [6.07, 6.45) is 0.612. The zero-order valence-corrected chi connectivity index (χ0v) is 17.0. The molecule has 0 aliphatic heterocycles. The SMILES string of the molecule is CNC(=O)c1ccc(S(=O)(=O)Nc2ccc(OC)c(Cc3ccccc3)c2)cc1. The van der Waals surface area contributed by atoms with Gasteiger partial charge in [0.2, 0.25) is 0 Å². The van der Waals surface area contributed by atoms with E-state index >= 15 is 0 Å². The Labute approximate surface area is 170 Å². The van der Waals surface area contributed by atoms with E-state index in [0.29, 0.717) is 23.4 Å². The molecule has 0 heterocycles. The van der Waals surface area contributed by atoms with Crippen LogP contribution in [0.5, 0.6) is 5.75 Å². The number of hydrogen-bond acceptors (Lipinski definition) is 4. The Morgan fingerprint density at radius 3 is 2.28 bits per heavy atom. The van der Waals surface area contributed by atoms with Gasteiger partial charge >= 0.3 is 0 Å². The topological polar surface area (TPSA) is 84.5 Å². The second-order valence-corrected chi connectivity index (χ2v) is 8.08. The Hall–Kier alpha value is -3.32. The first-order chi connectivity index (χ1) is 13.9. The van der Waals surface area contributed by atoms with E-state index in [1.54, 1.807) is 25.3 Å². The summed E-state index contributed by atoms with van der Waals surface area (Å²) in [6.45, 7) is 0. The maximum absolute atomic E-state index is 12.7. The highest BCUT2D eigenvalue weighted by molar-refractivity contribution is 7.92. The van der Waals surface area contributed by atoms with Crippen LogP contribution in [-0.2, 0) is 16.4 Å². The van der Waals surface area contributed by atoms with E-state index in [2.05, 4.69) is 10.0 Å². The van der Waals surface area contributed by atoms with E-state index in [9.17, 15) is 13.2 Å². The van der Waals surface area contributed by atoms with E-state index in [0.717, 1.165) is 11.1 Å². The molecule has 3 rings (SSSR count). The maximum Gasteiger partial charge on any atom is 0.261 e. The summed E-state index contributed by atoms with van der Waals surface area (Å²) in [5.74, 6) is 0.411. The van der Waals surface area contributed by atoms with Crippen molar-refractivity contribution in [1.29, 1.82) is 0 Å². The number of methoxy groups -OCH3 is 1. The van der Waals surface area contributed by atoms with Crippen molar-refractivity contribution in [3.05, 3.63) is 89.5 Å². The number of benzene rings is 3. The number of nitrogens with one attached hydrogen (secondary N) is 2. The third kappa shape index (κ3) is 4.94. The van der Waals surface area contributed by atoms with Gasteiger partial charge in [0, 0.05) is 30.3 Å². The maximum atomic E-state index is 12.7. The van der Waals surface area contributed by atoms with Gasteiger partial charge in [0.25, 0.3) is 15.9 Å². The lowest BCUT2D eigenvalue weighted by Crippen LogP contribution is -2.18. The Morgan fingerprint density at radius 2 is 1.66 bits per heavy atom. The molecule has 0 radical (unpaired) electrons. The second kappa shape index (κ2) is 8.79. The summed E-state index contributed by atoms with van der Waals surface area (Å²) in [4.78, 5) is 11.7. The Bertz CT molecular complexity index is 1100. The molecule has 0 atom stereocenters. The van der Waals surface area contributed by atoms with Gasteiger partial charge < -0.3 is 10.1 Å². The van der Waals surface area contributed by atoms with E-state index in [-0.39, 0.29) is 10.8 Å². The van der Waals surface area contributed by atoms with Crippen LogP contribution in [0.1, 0.15) is 21.5 Å². The van der Waals surface area contributed by atoms with Crippen molar-refractivity contribution >= 4 is 21.6 Å². The lowest BCUT2D eigenvalue weighted by atomic mass is 10.0. The van der Waals surface area contributed by atoms with E-state index in [1.807, 2.05) is 30.3 Å². The minimum absolute atomic E-state index is 0.0746.